The number of amides is 1. The van der Waals surface area contributed by atoms with Crippen molar-refractivity contribution in [3.05, 3.63) is 35.4 Å². The van der Waals surface area contributed by atoms with E-state index in [0.29, 0.717) is 12.6 Å². The highest BCUT2D eigenvalue weighted by Crippen LogP contribution is 2.14. The van der Waals surface area contributed by atoms with E-state index in [1.54, 1.807) is 6.92 Å². The lowest BCUT2D eigenvalue weighted by molar-refractivity contribution is -0.123. The van der Waals surface area contributed by atoms with Crippen molar-refractivity contribution >= 4 is 18.3 Å². The lowest BCUT2D eigenvalue weighted by Crippen LogP contribution is -2.49. The van der Waals surface area contributed by atoms with E-state index < -0.39 is 11.6 Å². The Morgan fingerprint density at radius 2 is 2.04 bits per heavy atom. The molecule has 2 N–H and O–H groups in total. The average molecular weight is 362 g/mol. The third kappa shape index (κ3) is 6.00. The fourth-order valence-corrected chi connectivity index (χ4v) is 3.04. The molecular formula is C17H26ClF2N3O. The summed E-state index contributed by atoms with van der Waals surface area (Å²) in [6, 6.07) is 3.91. The molecular weight excluding hydrogens is 336 g/mol. The van der Waals surface area contributed by atoms with E-state index in [1.807, 2.05) is 7.05 Å². The van der Waals surface area contributed by atoms with Crippen molar-refractivity contribution < 1.29 is 13.6 Å². The van der Waals surface area contributed by atoms with Gasteiger partial charge in [0.25, 0.3) is 0 Å². The number of carbonyl (C=O) groups excluding carboxylic acids is 1. The van der Waals surface area contributed by atoms with E-state index in [9.17, 15) is 13.6 Å². The van der Waals surface area contributed by atoms with Crippen LogP contribution in [-0.2, 0) is 11.2 Å². The number of benzene rings is 1. The van der Waals surface area contributed by atoms with Gasteiger partial charge in [-0.3, -0.25) is 9.69 Å². The van der Waals surface area contributed by atoms with Crippen molar-refractivity contribution in [3.63, 3.8) is 0 Å². The third-order valence-corrected chi connectivity index (χ3v) is 4.26. The molecule has 0 bridgehead atoms. The third-order valence-electron chi connectivity index (χ3n) is 4.26. The van der Waals surface area contributed by atoms with E-state index >= 15 is 0 Å². The first-order valence-electron chi connectivity index (χ1n) is 8.11. The molecule has 0 radical (unpaired) electrons. The summed E-state index contributed by atoms with van der Waals surface area (Å²) in [6.07, 6.45) is 2.33. The molecule has 1 aliphatic rings. The second kappa shape index (κ2) is 9.91. The van der Waals surface area contributed by atoms with Gasteiger partial charge in [-0.2, -0.15) is 0 Å². The molecule has 2 unspecified atom stereocenters. The zero-order chi connectivity index (χ0) is 16.8. The van der Waals surface area contributed by atoms with E-state index in [0.717, 1.165) is 25.9 Å². The van der Waals surface area contributed by atoms with Crippen LogP contribution in [0.2, 0.25) is 0 Å². The number of hydrogen-bond acceptors (Lipinski definition) is 3. The number of likely N-dealkylation sites (tertiary alicyclic amines) is 1. The van der Waals surface area contributed by atoms with Crippen LogP contribution in [0.4, 0.5) is 8.78 Å². The first kappa shape index (κ1) is 20.8. The molecule has 1 aliphatic heterocycles. The molecule has 0 aromatic heterocycles. The maximum atomic E-state index is 13.6. The molecule has 1 heterocycles. The minimum Gasteiger partial charge on any atom is -0.352 e. The van der Waals surface area contributed by atoms with E-state index in [4.69, 9.17) is 0 Å². The standard InChI is InChI=1S/C17H25F2N3O.ClH/c1-12(9-14-15(18)6-3-7-16(14)19)21-17(23)11-22-8-4-5-13(10-22)20-2;/h3,6-7,12-13,20H,4-5,8-11H2,1-2H3,(H,21,23);1H. The molecule has 1 fully saturated rings. The molecule has 1 amide bonds. The predicted molar refractivity (Wildman–Crippen MR) is 93.4 cm³/mol. The smallest absolute Gasteiger partial charge is 0.234 e. The topological polar surface area (TPSA) is 44.4 Å². The van der Waals surface area contributed by atoms with Gasteiger partial charge in [-0.05, 0) is 51.9 Å². The Hall–Kier alpha value is -1.24. The number of likely N-dealkylation sites (N-methyl/N-ethyl adjacent to an activating group) is 1. The highest BCUT2D eigenvalue weighted by atomic mass is 35.5. The number of nitrogens with zero attached hydrogens (tertiary/aromatic N) is 1. The van der Waals surface area contributed by atoms with Gasteiger partial charge in [0, 0.05) is 24.2 Å². The van der Waals surface area contributed by atoms with Crippen LogP contribution in [0.1, 0.15) is 25.3 Å². The molecule has 24 heavy (non-hydrogen) atoms. The van der Waals surface area contributed by atoms with Crippen molar-refractivity contribution in [1.29, 1.82) is 0 Å². The monoisotopic (exact) mass is 361 g/mol. The van der Waals surface area contributed by atoms with Gasteiger partial charge in [0.2, 0.25) is 5.91 Å². The summed E-state index contributed by atoms with van der Waals surface area (Å²) >= 11 is 0. The SMILES string of the molecule is CNC1CCCN(CC(=O)NC(C)Cc2c(F)cccc2F)C1.Cl. The summed E-state index contributed by atoms with van der Waals surface area (Å²) < 4.78 is 27.3. The van der Waals surface area contributed by atoms with Crippen molar-refractivity contribution in [2.75, 3.05) is 26.7 Å². The van der Waals surface area contributed by atoms with Gasteiger partial charge in [-0.25, -0.2) is 8.78 Å². The van der Waals surface area contributed by atoms with Gasteiger partial charge in [0.05, 0.1) is 6.54 Å². The fourth-order valence-electron chi connectivity index (χ4n) is 3.04. The summed E-state index contributed by atoms with van der Waals surface area (Å²) in [4.78, 5) is 14.2. The van der Waals surface area contributed by atoms with Crippen LogP contribution in [0.15, 0.2) is 18.2 Å². The van der Waals surface area contributed by atoms with Crippen LogP contribution in [0.3, 0.4) is 0 Å². The Morgan fingerprint density at radius 1 is 1.38 bits per heavy atom. The zero-order valence-corrected chi connectivity index (χ0v) is 15.0. The van der Waals surface area contributed by atoms with E-state index in [2.05, 4.69) is 15.5 Å². The van der Waals surface area contributed by atoms with E-state index in [1.165, 1.54) is 18.2 Å². The summed E-state index contributed by atoms with van der Waals surface area (Å²) in [6.45, 7) is 3.83. The van der Waals surface area contributed by atoms with Gasteiger partial charge >= 0.3 is 0 Å². The lowest BCUT2D eigenvalue weighted by atomic mass is 10.1. The van der Waals surface area contributed by atoms with Crippen molar-refractivity contribution in [3.8, 4) is 0 Å². The van der Waals surface area contributed by atoms with E-state index in [-0.39, 0.29) is 36.3 Å². The first-order chi connectivity index (χ1) is 11.0. The van der Waals surface area contributed by atoms with Gasteiger partial charge in [0.1, 0.15) is 11.6 Å². The predicted octanol–water partition coefficient (Wildman–Crippen LogP) is 2.12. The van der Waals surface area contributed by atoms with Crippen molar-refractivity contribution in [2.24, 2.45) is 0 Å². The van der Waals surface area contributed by atoms with Gasteiger partial charge in [-0.1, -0.05) is 6.07 Å². The first-order valence-corrected chi connectivity index (χ1v) is 8.11. The molecule has 4 nitrogen and oxygen atoms in total. The summed E-state index contributed by atoms with van der Waals surface area (Å²) in [7, 11) is 1.93. The summed E-state index contributed by atoms with van der Waals surface area (Å²) in [5, 5.41) is 6.06. The second-order valence-electron chi connectivity index (χ2n) is 6.24. The second-order valence-corrected chi connectivity index (χ2v) is 6.24. The largest absolute Gasteiger partial charge is 0.352 e. The number of carbonyl (C=O) groups is 1. The van der Waals surface area contributed by atoms with Crippen molar-refractivity contribution in [2.45, 2.75) is 38.3 Å². The Labute approximate surface area is 148 Å². The Morgan fingerprint density at radius 3 is 2.67 bits per heavy atom. The van der Waals surface area contributed by atoms with Gasteiger partial charge < -0.3 is 10.6 Å². The zero-order valence-electron chi connectivity index (χ0n) is 14.1. The molecule has 136 valence electrons. The number of halogens is 3. The number of nitrogens with one attached hydrogen (secondary N) is 2. The van der Waals surface area contributed by atoms with Crippen molar-refractivity contribution in [1.82, 2.24) is 15.5 Å². The lowest BCUT2D eigenvalue weighted by Gasteiger charge is -2.32. The Kier molecular flexibility index (Phi) is 8.59. The molecule has 0 spiro atoms. The van der Waals surface area contributed by atoms with Crippen LogP contribution in [-0.4, -0.2) is 49.6 Å². The van der Waals surface area contributed by atoms with Crippen LogP contribution in [0, 0.1) is 11.6 Å². The maximum Gasteiger partial charge on any atom is 0.234 e. The van der Waals surface area contributed by atoms with Crippen LogP contribution in [0.5, 0.6) is 0 Å². The highest BCUT2D eigenvalue weighted by Gasteiger charge is 2.21. The summed E-state index contributed by atoms with van der Waals surface area (Å²) in [5.74, 6) is -1.25. The van der Waals surface area contributed by atoms with Crippen LogP contribution >= 0.6 is 12.4 Å². The highest BCUT2D eigenvalue weighted by molar-refractivity contribution is 5.85. The molecule has 2 atom stereocenters. The summed E-state index contributed by atoms with van der Waals surface area (Å²) in [5.41, 5.74) is 0.0218. The normalized spacial score (nSPS) is 19.4. The number of hydrogen-bond donors (Lipinski definition) is 2. The molecule has 2 rings (SSSR count). The minimum absolute atomic E-state index is 0. The fraction of sp³-hybridized carbons (Fsp3) is 0.588. The Balaban J connectivity index is 0.00000288. The molecule has 1 aromatic carbocycles. The number of piperidine rings is 1. The molecule has 7 heteroatoms. The maximum absolute atomic E-state index is 13.6. The van der Waals surface area contributed by atoms with Crippen LogP contribution in [0.25, 0.3) is 0 Å². The van der Waals surface area contributed by atoms with Gasteiger partial charge in [-0.15, -0.1) is 12.4 Å². The molecule has 0 aliphatic carbocycles. The Bertz CT molecular complexity index is 524. The molecule has 0 saturated carbocycles. The van der Waals surface area contributed by atoms with Gasteiger partial charge in [0.15, 0.2) is 0 Å². The molecule has 1 aromatic rings. The number of rotatable bonds is 6. The quantitative estimate of drug-likeness (QED) is 0.815. The van der Waals surface area contributed by atoms with Crippen LogP contribution < -0.4 is 10.6 Å². The minimum atomic E-state index is -0.570. The average Bonchev–Trinajstić information content (AvgIpc) is 2.51. The molecule has 1 saturated heterocycles.